The van der Waals surface area contributed by atoms with E-state index < -0.39 is 30.6 Å². The van der Waals surface area contributed by atoms with E-state index in [1.54, 1.807) is 13.0 Å². The normalized spacial score (nSPS) is 11.6. The molecule has 0 heterocycles. The zero-order valence-corrected chi connectivity index (χ0v) is 9.49. The number of benzene rings is 1. The number of carbonyl (C=O) groups is 1. The van der Waals surface area contributed by atoms with Crippen LogP contribution in [0.3, 0.4) is 0 Å². The summed E-state index contributed by atoms with van der Waals surface area (Å²) in [5.74, 6) is -1.56. The number of hydrogen-bond acceptors (Lipinski definition) is 1. The fourth-order valence-corrected chi connectivity index (χ4v) is 1.65. The Morgan fingerprint density at radius 3 is 2.29 bits per heavy atom. The quantitative estimate of drug-likeness (QED) is 0.584. The zero-order chi connectivity index (χ0) is 13.2. The predicted octanol–water partition coefficient (Wildman–Crippen LogP) is 3.97. The molecule has 17 heavy (non-hydrogen) atoms. The Hall–Kier alpha value is -1.39. The van der Waals surface area contributed by atoms with Crippen LogP contribution in [0.15, 0.2) is 12.1 Å². The van der Waals surface area contributed by atoms with Crippen molar-refractivity contribution < 1.29 is 22.4 Å². The first kappa shape index (κ1) is 13.7. The lowest BCUT2D eigenvalue weighted by Gasteiger charge is -2.09. The smallest absolute Gasteiger partial charge is 0.294 e. The van der Waals surface area contributed by atoms with Crippen LogP contribution in [0.5, 0.6) is 0 Å². The van der Waals surface area contributed by atoms with Gasteiger partial charge in [0.1, 0.15) is 5.82 Å². The zero-order valence-electron chi connectivity index (χ0n) is 9.49. The van der Waals surface area contributed by atoms with Crippen molar-refractivity contribution >= 4 is 5.78 Å². The van der Waals surface area contributed by atoms with Crippen molar-refractivity contribution in [3.63, 3.8) is 0 Å². The number of carbonyl (C=O) groups excluding carboxylic acids is 1. The summed E-state index contributed by atoms with van der Waals surface area (Å²) in [4.78, 5) is 11.5. The van der Waals surface area contributed by atoms with Crippen LogP contribution in [0.2, 0.25) is 0 Å². The highest BCUT2D eigenvalue weighted by Gasteiger charge is 2.29. The first-order chi connectivity index (χ1) is 7.70. The minimum atomic E-state index is -4.40. The fraction of sp³-hybridized carbons (Fsp3) is 0.417. The molecule has 0 atom stereocenters. The number of aryl methyl sites for hydroxylation is 2. The molecule has 0 aliphatic heterocycles. The Bertz CT molecular complexity index is 412. The molecule has 0 N–H and O–H groups in total. The van der Waals surface area contributed by atoms with Gasteiger partial charge in [0.25, 0.3) is 0 Å². The topological polar surface area (TPSA) is 17.1 Å². The molecular formula is C12H12F4O. The number of halogens is 4. The maximum Gasteiger partial charge on any atom is 0.389 e. The molecule has 1 rings (SSSR count). The summed E-state index contributed by atoms with van der Waals surface area (Å²) in [6, 6.07) is 2.72. The van der Waals surface area contributed by atoms with Gasteiger partial charge < -0.3 is 0 Å². The second kappa shape index (κ2) is 4.85. The number of ketones is 1. The van der Waals surface area contributed by atoms with Gasteiger partial charge in [0, 0.05) is 6.42 Å². The van der Waals surface area contributed by atoms with E-state index >= 15 is 0 Å². The number of Topliss-reactive ketones (excluding diaryl/α,β-unsaturated/α-hetero) is 1. The Kier molecular flexibility index (Phi) is 3.91. The third-order valence-electron chi connectivity index (χ3n) is 2.35. The second-order valence-corrected chi connectivity index (χ2v) is 3.98. The van der Waals surface area contributed by atoms with Crippen molar-refractivity contribution in [2.75, 3.05) is 0 Å². The molecule has 0 amide bonds. The Morgan fingerprint density at radius 2 is 1.82 bits per heavy atom. The van der Waals surface area contributed by atoms with Crippen molar-refractivity contribution in [2.45, 2.75) is 32.9 Å². The minimum absolute atomic E-state index is 0.236. The lowest BCUT2D eigenvalue weighted by atomic mass is 9.99. The maximum atomic E-state index is 13.5. The Balaban J connectivity index is 2.90. The molecule has 0 aliphatic carbocycles. The summed E-state index contributed by atoms with van der Waals surface area (Å²) in [7, 11) is 0. The van der Waals surface area contributed by atoms with Crippen LogP contribution in [0, 0.1) is 19.7 Å². The third-order valence-corrected chi connectivity index (χ3v) is 2.35. The molecule has 0 unspecified atom stereocenters. The Morgan fingerprint density at radius 1 is 1.24 bits per heavy atom. The largest absolute Gasteiger partial charge is 0.389 e. The first-order valence-electron chi connectivity index (χ1n) is 5.07. The van der Waals surface area contributed by atoms with Crippen LogP contribution < -0.4 is 0 Å². The van der Waals surface area contributed by atoms with Gasteiger partial charge in [-0.3, -0.25) is 4.79 Å². The van der Waals surface area contributed by atoms with Crippen LogP contribution in [0.1, 0.15) is 34.3 Å². The summed E-state index contributed by atoms with van der Waals surface area (Å²) in [5.41, 5.74) is 0.766. The van der Waals surface area contributed by atoms with Crippen LogP contribution in [0.25, 0.3) is 0 Å². The third kappa shape index (κ3) is 3.84. The van der Waals surface area contributed by atoms with E-state index in [2.05, 4.69) is 0 Å². The summed E-state index contributed by atoms with van der Waals surface area (Å²) < 4.78 is 49.3. The lowest BCUT2D eigenvalue weighted by Crippen LogP contribution is -2.13. The monoisotopic (exact) mass is 248 g/mol. The van der Waals surface area contributed by atoms with Gasteiger partial charge in [0.05, 0.1) is 12.0 Å². The molecule has 0 saturated carbocycles. The average Bonchev–Trinajstić information content (AvgIpc) is 2.11. The fourth-order valence-electron chi connectivity index (χ4n) is 1.65. The molecule has 0 fully saturated rings. The summed E-state index contributed by atoms with van der Waals surface area (Å²) >= 11 is 0. The van der Waals surface area contributed by atoms with Gasteiger partial charge in [-0.15, -0.1) is 0 Å². The van der Waals surface area contributed by atoms with E-state index in [4.69, 9.17) is 0 Å². The van der Waals surface area contributed by atoms with Crippen molar-refractivity contribution in [1.82, 2.24) is 0 Å². The maximum absolute atomic E-state index is 13.5. The van der Waals surface area contributed by atoms with Crippen LogP contribution >= 0.6 is 0 Å². The van der Waals surface area contributed by atoms with E-state index in [1.165, 1.54) is 6.92 Å². The van der Waals surface area contributed by atoms with Crippen molar-refractivity contribution in [2.24, 2.45) is 0 Å². The molecule has 5 heteroatoms. The van der Waals surface area contributed by atoms with Gasteiger partial charge in [0.15, 0.2) is 5.78 Å². The van der Waals surface area contributed by atoms with Gasteiger partial charge in [-0.25, -0.2) is 4.39 Å². The van der Waals surface area contributed by atoms with Gasteiger partial charge in [-0.1, -0.05) is 6.07 Å². The molecule has 94 valence electrons. The molecule has 1 aromatic rings. The number of rotatable bonds is 3. The standard InChI is InChI=1S/C12H12F4O/c1-7-5-8(2)11(9(13)6-7)10(17)3-4-12(14,15)16/h5-6H,3-4H2,1-2H3. The molecule has 1 nitrogen and oxygen atoms in total. The van der Waals surface area contributed by atoms with E-state index in [-0.39, 0.29) is 5.56 Å². The molecule has 0 saturated heterocycles. The lowest BCUT2D eigenvalue weighted by molar-refractivity contribution is -0.133. The average molecular weight is 248 g/mol. The number of alkyl halides is 3. The second-order valence-electron chi connectivity index (χ2n) is 3.98. The molecule has 0 aromatic heterocycles. The van der Waals surface area contributed by atoms with Gasteiger partial charge in [-0.2, -0.15) is 13.2 Å². The molecule has 0 aliphatic rings. The Labute approximate surface area is 96.4 Å². The summed E-state index contributed by atoms with van der Waals surface area (Å²) in [6.07, 6.45) is -6.34. The highest BCUT2D eigenvalue weighted by atomic mass is 19.4. The van der Waals surface area contributed by atoms with Crippen molar-refractivity contribution in [3.05, 3.63) is 34.6 Å². The van der Waals surface area contributed by atoms with Gasteiger partial charge in [-0.05, 0) is 31.0 Å². The van der Waals surface area contributed by atoms with E-state index in [0.29, 0.717) is 11.1 Å². The van der Waals surface area contributed by atoms with Crippen molar-refractivity contribution in [3.8, 4) is 0 Å². The first-order valence-corrected chi connectivity index (χ1v) is 5.07. The highest BCUT2D eigenvalue weighted by Crippen LogP contribution is 2.24. The van der Waals surface area contributed by atoms with E-state index in [9.17, 15) is 22.4 Å². The molecular weight excluding hydrogens is 236 g/mol. The van der Waals surface area contributed by atoms with Crippen LogP contribution in [-0.2, 0) is 0 Å². The highest BCUT2D eigenvalue weighted by molar-refractivity contribution is 5.97. The minimum Gasteiger partial charge on any atom is -0.294 e. The molecule has 0 bridgehead atoms. The van der Waals surface area contributed by atoms with E-state index in [1.807, 2.05) is 0 Å². The predicted molar refractivity (Wildman–Crippen MR) is 55.5 cm³/mol. The van der Waals surface area contributed by atoms with Gasteiger partial charge in [0.2, 0.25) is 0 Å². The van der Waals surface area contributed by atoms with E-state index in [0.717, 1.165) is 6.07 Å². The molecule has 0 spiro atoms. The molecule has 0 radical (unpaired) electrons. The number of hydrogen-bond donors (Lipinski definition) is 0. The SMILES string of the molecule is Cc1cc(C)c(C(=O)CCC(F)(F)F)c(F)c1. The van der Waals surface area contributed by atoms with Crippen molar-refractivity contribution in [1.29, 1.82) is 0 Å². The molecule has 1 aromatic carbocycles. The van der Waals surface area contributed by atoms with Gasteiger partial charge >= 0.3 is 6.18 Å². The van der Waals surface area contributed by atoms with Crippen LogP contribution in [0.4, 0.5) is 17.6 Å². The summed E-state index contributed by atoms with van der Waals surface area (Å²) in [5, 5.41) is 0. The summed E-state index contributed by atoms with van der Waals surface area (Å²) in [6.45, 7) is 3.16. The van der Waals surface area contributed by atoms with Crippen LogP contribution in [-0.4, -0.2) is 12.0 Å².